The number of aromatic amines is 1. The monoisotopic (exact) mass is 255 g/mol. The molecule has 1 amide bonds. The van der Waals surface area contributed by atoms with Crippen molar-refractivity contribution in [2.45, 2.75) is 6.92 Å². The third-order valence-electron chi connectivity index (χ3n) is 2.87. The smallest absolute Gasteiger partial charge is 0.412 e. The fourth-order valence-electron chi connectivity index (χ4n) is 1.97. The molecule has 0 aliphatic rings. The van der Waals surface area contributed by atoms with E-state index in [4.69, 9.17) is 5.11 Å². The highest BCUT2D eigenvalue weighted by Crippen LogP contribution is 2.30. The summed E-state index contributed by atoms with van der Waals surface area (Å²) < 4.78 is 0. The number of amides is 1. The molecule has 2 rings (SSSR count). The zero-order chi connectivity index (χ0) is 13.8. The molecule has 0 aliphatic heterocycles. The minimum atomic E-state index is -1.08. The van der Waals surface area contributed by atoms with E-state index in [0.29, 0.717) is 16.9 Å². The van der Waals surface area contributed by atoms with E-state index in [2.05, 4.69) is 11.1 Å². The van der Waals surface area contributed by atoms with Gasteiger partial charge in [0.2, 0.25) is 0 Å². The maximum absolute atomic E-state index is 11.1. The molecule has 0 saturated heterocycles. The lowest BCUT2D eigenvalue weighted by molar-refractivity contribution is 0.202. The lowest BCUT2D eigenvalue weighted by Crippen LogP contribution is -2.29. The first-order chi connectivity index (χ1) is 9.19. The molecule has 1 heterocycles. The maximum atomic E-state index is 11.1. The second kappa shape index (κ2) is 5.27. The summed E-state index contributed by atoms with van der Waals surface area (Å²) in [6.45, 7) is 2.00. The molecule has 1 aromatic carbocycles. The van der Waals surface area contributed by atoms with Gasteiger partial charge in [0, 0.05) is 18.3 Å². The van der Waals surface area contributed by atoms with Crippen molar-refractivity contribution in [1.29, 1.82) is 5.26 Å². The van der Waals surface area contributed by atoms with Crippen LogP contribution in [0.15, 0.2) is 36.5 Å². The number of nitrogens with one attached hydrogen (secondary N) is 1. The van der Waals surface area contributed by atoms with Crippen molar-refractivity contribution in [2.75, 3.05) is 11.4 Å². The van der Waals surface area contributed by atoms with Gasteiger partial charge >= 0.3 is 6.09 Å². The van der Waals surface area contributed by atoms with Crippen molar-refractivity contribution in [3.8, 4) is 17.2 Å². The second-order valence-electron chi connectivity index (χ2n) is 3.93. The standard InChI is InChI=1S/C14H13N3O2/c1-2-17(14(18)19)13-11(8-15)12(9-16-13)10-6-4-3-5-7-10/h3-7,9,16H,2H2,1H3,(H,18,19). The zero-order valence-electron chi connectivity index (χ0n) is 10.4. The van der Waals surface area contributed by atoms with Crippen LogP contribution in [0.5, 0.6) is 0 Å². The summed E-state index contributed by atoms with van der Waals surface area (Å²) in [4.78, 5) is 15.1. The van der Waals surface area contributed by atoms with Crippen LogP contribution in [0, 0.1) is 11.3 Å². The Bertz CT molecular complexity index is 626. The number of aromatic nitrogens is 1. The van der Waals surface area contributed by atoms with E-state index in [1.807, 2.05) is 30.3 Å². The van der Waals surface area contributed by atoms with Crippen molar-refractivity contribution in [2.24, 2.45) is 0 Å². The number of nitriles is 1. The summed E-state index contributed by atoms with van der Waals surface area (Å²) >= 11 is 0. The molecule has 5 nitrogen and oxygen atoms in total. The molecular weight excluding hydrogens is 242 g/mol. The van der Waals surface area contributed by atoms with Crippen molar-refractivity contribution in [3.63, 3.8) is 0 Å². The molecule has 1 aromatic heterocycles. The summed E-state index contributed by atoms with van der Waals surface area (Å²) in [5.74, 6) is 0.316. The Labute approximate surface area is 110 Å². The Balaban J connectivity index is 2.54. The number of benzene rings is 1. The number of anilines is 1. The van der Waals surface area contributed by atoms with E-state index >= 15 is 0 Å². The van der Waals surface area contributed by atoms with Crippen LogP contribution >= 0.6 is 0 Å². The van der Waals surface area contributed by atoms with Crippen LogP contribution < -0.4 is 4.90 Å². The van der Waals surface area contributed by atoms with Gasteiger partial charge in [-0.1, -0.05) is 30.3 Å². The van der Waals surface area contributed by atoms with Gasteiger partial charge in [-0.2, -0.15) is 5.26 Å². The first-order valence-electron chi connectivity index (χ1n) is 5.86. The fourth-order valence-corrected chi connectivity index (χ4v) is 1.97. The van der Waals surface area contributed by atoms with E-state index in [1.54, 1.807) is 13.1 Å². The van der Waals surface area contributed by atoms with Gasteiger partial charge in [0.05, 0.1) is 0 Å². The van der Waals surface area contributed by atoms with E-state index in [-0.39, 0.29) is 6.54 Å². The zero-order valence-corrected chi connectivity index (χ0v) is 10.4. The van der Waals surface area contributed by atoms with Crippen LogP contribution in [0.25, 0.3) is 11.1 Å². The SMILES string of the molecule is CCN(C(=O)O)c1[nH]cc(-c2ccccc2)c1C#N. The van der Waals surface area contributed by atoms with Crippen molar-refractivity contribution < 1.29 is 9.90 Å². The van der Waals surface area contributed by atoms with Crippen LogP contribution in [0.4, 0.5) is 10.6 Å². The predicted molar refractivity (Wildman–Crippen MR) is 72.0 cm³/mol. The minimum Gasteiger partial charge on any atom is -0.465 e. The van der Waals surface area contributed by atoms with Crippen molar-refractivity contribution in [1.82, 2.24) is 4.98 Å². The number of carboxylic acid groups (broad SMARTS) is 1. The van der Waals surface area contributed by atoms with Crippen LogP contribution in [-0.2, 0) is 0 Å². The molecule has 2 aromatic rings. The number of hydrogen-bond donors (Lipinski definition) is 2. The molecule has 19 heavy (non-hydrogen) atoms. The molecule has 0 bridgehead atoms. The van der Waals surface area contributed by atoms with Gasteiger partial charge in [0.25, 0.3) is 0 Å². The highest BCUT2D eigenvalue weighted by atomic mass is 16.4. The fraction of sp³-hybridized carbons (Fsp3) is 0.143. The van der Waals surface area contributed by atoms with Gasteiger partial charge in [0.15, 0.2) is 0 Å². The molecule has 0 fully saturated rings. The molecule has 0 spiro atoms. The molecule has 5 heteroatoms. The third-order valence-corrected chi connectivity index (χ3v) is 2.87. The average Bonchev–Trinajstić information content (AvgIpc) is 2.84. The molecule has 2 N–H and O–H groups in total. The highest BCUT2D eigenvalue weighted by molar-refractivity contribution is 5.89. The Hall–Kier alpha value is -2.74. The minimum absolute atomic E-state index is 0.277. The second-order valence-corrected chi connectivity index (χ2v) is 3.93. The Morgan fingerprint density at radius 2 is 2.11 bits per heavy atom. The van der Waals surface area contributed by atoms with E-state index in [9.17, 15) is 10.1 Å². The van der Waals surface area contributed by atoms with Gasteiger partial charge in [-0.15, -0.1) is 0 Å². The molecule has 0 radical (unpaired) electrons. The molecule has 96 valence electrons. The van der Waals surface area contributed by atoms with Crippen molar-refractivity contribution >= 4 is 11.9 Å². The predicted octanol–water partition coefficient (Wildman–Crippen LogP) is 3.06. The van der Waals surface area contributed by atoms with Crippen LogP contribution in [0.3, 0.4) is 0 Å². The first kappa shape index (κ1) is 12.7. The third kappa shape index (κ3) is 2.29. The number of hydrogen-bond acceptors (Lipinski definition) is 2. The first-order valence-corrected chi connectivity index (χ1v) is 5.86. The van der Waals surface area contributed by atoms with Crippen LogP contribution in [0.2, 0.25) is 0 Å². The maximum Gasteiger partial charge on any atom is 0.412 e. The van der Waals surface area contributed by atoms with Gasteiger partial charge in [-0.3, -0.25) is 4.90 Å². The normalized spacial score (nSPS) is 9.89. The summed E-state index contributed by atoms with van der Waals surface area (Å²) in [6, 6.07) is 11.5. The number of H-pyrrole nitrogens is 1. The Morgan fingerprint density at radius 3 is 2.63 bits per heavy atom. The molecule has 0 atom stereocenters. The van der Waals surface area contributed by atoms with Crippen molar-refractivity contribution in [3.05, 3.63) is 42.1 Å². The largest absolute Gasteiger partial charge is 0.465 e. The lowest BCUT2D eigenvalue weighted by Gasteiger charge is -2.15. The Kier molecular flexibility index (Phi) is 3.53. The van der Waals surface area contributed by atoms with Crippen LogP contribution in [-0.4, -0.2) is 22.7 Å². The average molecular weight is 255 g/mol. The summed E-state index contributed by atoms with van der Waals surface area (Å²) in [5, 5.41) is 18.4. The van der Waals surface area contributed by atoms with Gasteiger partial charge in [0.1, 0.15) is 17.5 Å². The van der Waals surface area contributed by atoms with E-state index in [1.165, 1.54) is 0 Å². The Morgan fingerprint density at radius 1 is 1.42 bits per heavy atom. The topological polar surface area (TPSA) is 80.1 Å². The summed E-state index contributed by atoms with van der Waals surface area (Å²) in [5.41, 5.74) is 1.93. The van der Waals surface area contributed by atoms with E-state index < -0.39 is 6.09 Å². The van der Waals surface area contributed by atoms with Gasteiger partial charge in [-0.25, -0.2) is 4.79 Å². The number of carbonyl (C=O) groups is 1. The molecular formula is C14H13N3O2. The van der Waals surface area contributed by atoms with E-state index in [0.717, 1.165) is 10.5 Å². The number of rotatable bonds is 3. The molecule has 0 unspecified atom stereocenters. The summed E-state index contributed by atoms with van der Waals surface area (Å²) in [6.07, 6.45) is 0.579. The molecule has 0 aliphatic carbocycles. The summed E-state index contributed by atoms with van der Waals surface area (Å²) in [7, 11) is 0. The molecule has 0 saturated carbocycles. The van der Waals surface area contributed by atoms with Gasteiger partial charge in [-0.05, 0) is 12.5 Å². The van der Waals surface area contributed by atoms with Crippen LogP contribution in [0.1, 0.15) is 12.5 Å². The lowest BCUT2D eigenvalue weighted by atomic mass is 10.0. The number of nitrogens with zero attached hydrogens (tertiary/aromatic N) is 2. The van der Waals surface area contributed by atoms with Gasteiger partial charge < -0.3 is 10.1 Å². The highest BCUT2D eigenvalue weighted by Gasteiger charge is 2.21. The quantitative estimate of drug-likeness (QED) is 0.884.